The second kappa shape index (κ2) is 4.57. The molecule has 0 radical (unpaired) electrons. The van der Waals surface area contributed by atoms with Gasteiger partial charge in [-0.1, -0.05) is 24.3 Å². The highest BCUT2D eigenvalue weighted by Crippen LogP contribution is 2.38. The SMILES string of the molecule is OCc1c2c(cc3ccccc13)C[N+]1(CCCCC1)C2. The van der Waals surface area contributed by atoms with Gasteiger partial charge in [0.1, 0.15) is 13.1 Å². The topological polar surface area (TPSA) is 20.2 Å². The van der Waals surface area contributed by atoms with Crippen molar-refractivity contribution in [1.29, 1.82) is 0 Å². The number of aliphatic hydroxyl groups is 1. The summed E-state index contributed by atoms with van der Waals surface area (Å²) in [5.41, 5.74) is 4.10. The van der Waals surface area contributed by atoms with Crippen LogP contribution in [0.15, 0.2) is 30.3 Å². The third kappa shape index (κ3) is 1.79. The van der Waals surface area contributed by atoms with E-state index in [1.807, 2.05) is 0 Å². The predicted molar refractivity (Wildman–Crippen MR) is 81.1 cm³/mol. The van der Waals surface area contributed by atoms with Crippen molar-refractivity contribution < 1.29 is 9.59 Å². The van der Waals surface area contributed by atoms with E-state index in [1.54, 1.807) is 0 Å². The van der Waals surface area contributed by atoms with Crippen molar-refractivity contribution in [3.05, 3.63) is 47.0 Å². The number of fused-ring (bicyclic) bond motifs is 2. The maximum atomic E-state index is 9.88. The first kappa shape index (κ1) is 12.4. The van der Waals surface area contributed by atoms with Crippen molar-refractivity contribution in [1.82, 2.24) is 0 Å². The molecule has 0 aromatic heterocycles. The molecule has 2 heteroatoms. The van der Waals surface area contributed by atoms with Crippen LogP contribution < -0.4 is 0 Å². The molecule has 2 nitrogen and oxygen atoms in total. The molecule has 0 saturated carbocycles. The summed E-state index contributed by atoms with van der Waals surface area (Å²) in [5.74, 6) is 0. The summed E-state index contributed by atoms with van der Waals surface area (Å²) in [6, 6.07) is 10.9. The van der Waals surface area contributed by atoms with Gasteiger partial charge in [-0.25, -0.2) is 0 Å². The highest BCUT2D eigenvalue weighted by molar-refractivity contribution is 5.87. The smallest absolute Gasteiger partial charge is 0.105 e. The van der Waals surface area contributed by atoms with Crippen LogP contribution in [0.25, 0.3) is 10.8 Å². The zero-order valence-electron chi connectivity index (χ0n) is 11.9. The maximum Gasteiger partial charge on any atom is 0.105 e. The monoisotopic (exact) mass is 268 g/mol. The van der Waals surface area contributed by atoms with Gasteiger partial charge < -0.3 is 9.59 Å². The molecule has 1 saturated heterocycles. The lowest BCUT2D eigenvalue weighted by atomic mass is 9.96. The number of piperidine rings is 1. The predicted octanol–water partition coefficient (Wildman–Crippen LogP) is 3.35. The molecule has 2 aliphatic heterocycles. The molecule has 1 spiro atoms. The maximum absolute atomic E-state index is 9.88. The molecule has 0 aliphatic carbocycles. The molecule has 2 heterocycles. The van der Waals surface area contributed by atoms with Crippen LogP contribution in [0.4, 0.5) is 0 Å². The number of hydrogen-bond acceptors (Lipinski definition) is 1. The molecule has 2 aliphatic rings. The molecule has 104 valence electrons. The van der Waals surface area contributed by atoms with Crippen molar-refractivity contribution in [3.63, 3.8) is 0 Å². The average Bonchev–Trinajstić information content (AvgIpc) is 2.82. The Morgan fingerprint density at radius 3 is 2.60 bits per heavy atom. The van der Waals surface area contributed by atoms with Crippen molar-refractivity contribution in [3.8, 4) is 0 Å². The molecule has 0 atom stereocenters. The highest BCUT2D eigenvalue weighted by Gasteiger charge is 2.38. The van der Waals surface area contributed by atoms with E-state index in [-0.39, 0.29) is 6.61 Å². The van der Waals surface area contributed by atoms with E-state index in [0.717, 1.165) is 6.54 Å². The normalized spacial score (nSPS) is 20.4. The van der Waals surface area contributed by atoms with Crippen LogP contribution in [0, 0.1) is 0 Å². The summed E-state index contributed by atoms with van der Waals surface area (Å²) in [5, 5.41) is 12.4. The first-order valence-corrected chi connectivity index (χ1v) is 7.80. The summed E-state index contributed by atoms with van der Waals surface area (Å²) in [7, 11) is 0. The van der Waals surface area contributed by atoms with E-state index in [2.05, 4.69) is 30.3 Å². The lowest BCUT2D eigenvalue weighted by molar-refractivity contribution is -0.951. The minimum atomic E-state index is 0.170. The van der Waals surface area contributed by atoms with Crippen LogP contribution in [0.1, 0.15) is 36.0 Å². The quantitative estimate of drug-likeness (QED) is 0.786. The van der Waals surface area contributed by atoms with Crippen LogP contribution in [0.3, 0.4) is 0 Å². The summed E-state index contributed by atoms with van der Waals surface area (Å²) >= 11 is 0. The van der Waals surface area contributed by atoms with Crippen molar-refractivity contribution >= 4 is 10.8 Å². The van der Waals surface area contributed by atoms with Gasteiger partial charge in [-0.3, -0.25) is 0 Å². The Labute approximate surface area is 120 Å². The number of aliphatic hydroxyl groups excluding tert-OH is 1. The van der Waals surface area contributed by atoms with E-state index < -0.39 is 0 Å². The number of rotatable bonds is 1. The van der Waals surface area contributed by atoms with Crippen LogP contribution in [0.5, 0.6) is 0 Å². The zero-order valence-corrected chi connectivity index (χ0v) is 11.9. The number of hydrogen-bond donors (Lipinski definition) is 1. The first-order valence-electron chi connectivity index (χ1n) is 7.80. The molecule has 2 aromatic rings. The Morgan fingerprint density at radius 1 is 1.00 bits per heavy atom. The molecule has 20 heavy (non-hydrogen) atoms. The van der Waals surface area contributed by atoms with Gasteiger partial charge in [-0.05, 0) is 41.7 Å². The van der Waals surface area contributed by atoms with Crippen molar-refractivity contribution in [2.24, 2.45) is 0 Å². The van der Waals surface area contributed by atoms with Gasteiger partial charge in [0.05, 0.1) is 19.7 Å². The van der Waals surface area contributed by atoms with E-state index in [9.17, 15) is 5.11 Å². The van der Waals surface area contributed by atoms with Gasteiger partial charge >= 0.3 is 0 Å². The van der Waals surface area contributed by atoms with Crippen LogP contribution >= 0.6 is 0 Å². The lowest BCUT2D eigenvalue weighted by Crippen LogP contribution is -2.46. The van der Waals surface area contributed by atoms with E-state index in [4.69, 9.17) is 0 Å². The minimum absolute atomic E-state index is 0.170. The van der Waals surface area contributed by atoms with Crippen LogP contribution in [-0.2, 0) is 19.7 Å². The molecule has 0 amide bonds. The largest absolute Gasteiger partial charge is 0.392 e. The number of quaternary nitrogens is 1. The van der Waals surface area contributed by atoms with E-state index >= 15 is 0 Å². The molecular weight excluding hydrogens is 246 g/mol. The zero-order chi connectivity index (χ0) is 13.6. The fraction of sp³-hybridized carbons (Fsp3) is 0.444. The van der Waals surface area contributed by atoms with Gasteiger partial charge in [-0.2, -0.15) is 0 Å². The standard InChI is InChI=1S/C18H22NO/c20-13-18-16-7-3-2-6-14(16)10-15-11-19(12-17(15)18)8-4-1-5-9-19/h2-3,6-7,10,20H,1,4-5,8-9,11-13H2/q+1. The van der Waals surface area contributed by atoms with Crippen molar-refractivity contribution in [2.75, 3.05) is 13.1 Å². The molecule has 2 aromatic carbocycles. The molecular formula is C18H22NO+. The third-order valence-corrected chi connectivity index (χ3v) is 5.29. The Balaban J connectivity index is 1.86. The van der Waals surface area contributed by atoms with E-state index in [0.29, 0.717) is 0 Å². The molecule has 0 unspecified atom stereocenters. The number of benzene rings is 2. The Morgan fingerprint density at radius 2 is 1.80 bits per heavy atom. The molecule has 4 rings (SSSR count). The minimum Gasteiger partial charge on any atom is -0.392 e. The Kier molecular flexibility index (Phi) is 2.83. The summed E-state index contributed by atoms with van der Waals surface area (Å²) in [6.07, 6.45) is 4.12. The molecule has 1 N–H and O–H groups in total. The second-order valence-electron chi connectivity index (χ2n) is 6.54. The molecule has 0 bridgehead atoms. The fourth-order valence-electron chi connectivity index (χ4n) is 4.30. The van der Waals surface area contributed by atoms with Crippen LogP contribution in [0.2, 0.25) is 0 Å². The summed E-state index contributed by atoms with van der Waals surface area (Å²) < 4.78 is 1.23. The third-order valence-electron chi connectivity index (χ3n) is 5.29. The van der Waals surface area contributed by atoms with Gasteiger partial charge in [0.2, 0.25) is 0 Å². The van der Waals surface area contributed by atoms with E-state index in [1.165, 1.54) is 70.8 Å². The Bertz CT molecular complexity index is 656. The summed E-state index contributed by atoms with van der Waals surface area (Å²) in [4.78, 5) is 0. The van der Waals surface area contributed by atoms with Crippen LogP contribution in [-0.4, -0.2) is 22.7 Å². The van der Waals surface area contributed by atoms with Gasteiger partial charge in [-0.15, -0.1) is 0 Å². The number of nitrogens with zero attached hydrogens (tertiary/aromatic N) is 1. The highest BCUT2D eigenvalue weighted by atomic mass is 16.3. The Hall–Kier alpha value is -1.38. The summed E-state index contributed by atoms with van der Waals surface area (Å²) in [6.45, 7) is 5.11. The molecule has 1 fully saturated rings. The van der Waals surface area contributed by atoms with Gasteiger partial charge in [0.15, 0.2) is 0 Å². The van der Waals surface area contributed by atoms with Gasteiger partial charge in [0, 0.05) is 11.1 Å². The average molecular weight is 268 g/mol. The first-order chi connectivity index (χ1) is 9.81. The fourth-order valence-corrected chi connectivity index (χ4v) is 4.30. The van der Waals surface area contributed by atoms with Gasteiger partial charge in [0.25, 0.3) is 0 Å². The second-order valence-corrected chi connectivity index (χ2v) is 6.54. The lowest BCUT2D eigenvalue weighted by Gasteiger charge is -2.37. The van der Waals surface area contributed by atoms with Crippen molar-refractivity contribution in [2.45, 2.75) is 39.0 Å².